The molecule has 0 fully saturated rings. The maximum absolute atomic E-state index is 6.57. The van der Waals surface area contributed by atoms with Crippen LogP contribution >= 0.6 is 0 Å². The van der Waals surface area contributed by atoms with Crippen molar-refractivity contribution in [1.29, 1.82) is 0 Å². The van der Waals surface area contributed by atoms with Crippen LogP contribution in [0.25, 0.3) is 99.4 Å². The van der Waals surface area contributed by atoms with Gasteiger partial charge in [-0.3, -0.25) is 0 Å². The van der Waals surface area contributed by atoms with Gasteiger partial charge in [0, 0.05) is 43.9 Å². The third-order valence-electron chi connectivity index (χ3n) is 10.7. The summed E-state index contributed by atoms with van der Waals surface area (Å²) in [7, 11) is 0. The summed E-state index contributed by atoms with van der Waals surface area (Å²) in [5.74, 6) is 0.503. The van der Waals surface area contributed by atoms with Crippen molar-refractivity contribution in [2.75, 3.05) is 0 Å². The van der Waals surface area contributed by atoms with Crippen LogP contribution in [0.3, 0.4) is 0 Å². The average molecular weight is 669 g/mol. The van der Waals surface area contributed by atoms with Gasteiger partial charge in [0.25, 0.3) is 0 Å². The van der Waals surface area contributed by atoms with E-state index in [0.29, 0.717) is 11.5 Å². The summed E-state index contributed by atoms with van der Waals surface area (Å²) in [6.45, 7) is 2.27. The molecule has 0 saturated carbocycles. The molecule has 0 bridgehead atoms. The zero-order chi connectivity index (χ0) is 34.3. The topological polar surface area (TPSA) is 48.8 Å². The van der Waals surface area contributed by atoms with E-state index in [4.69, 9.17) is 14.4 Å². The molecule has 0 radical (unpaired) electrons. The standard InChI is InChI=1S/C47H32N4O/c1-29-10-9-13-34(24-29)51-41-17-8-6-15-36(41)38-27-32(19-22-43(38)51)45-47-46(49-28-48-45)39-26-31(20-23-44(39)52-47)30-18-21-42-37(25-30)35-14-5-7-16-40(35)50(42)33-11-3-2-4-12-33/h2-9,11-29H,10H2,1H3. The van der Waals surface area contributed by atoms with Crippen molar-refractivity contribution in [3.05, 3.63) is 158 Å². The first kappa shape index (κ1) is 29.1. The van der Waals surface area contributed by atoms with Crippen LogP contribution in [0.4, 0.5) is 0 Å². The van der Waals surface area contributed by atoms with Gasteiger partial charge < -0.3 is 13.6 Å². The summed E-state index contributed by atoms with van der Waals surface area (Å²) in [5, 5.41) is 5.84. The van der Waals surface area contributed by atoms with Crippen LogP contribution < -0.4 is 0 Å². The van der Waals surface area contributed by atoms with Crippen molar-refractivity contribution in [3.63, 3.8) is 0 Å². The Kier molecular flexibility index (Phi) is 6.23. The van der Waals surface area contributed by atoms with Gasteiger partial charge in [-0.25, -0.2) is 9.97 Å². The first-order chi connectivity index (χ1) is 25.7. The molecule has 5 nitrogen and oxygen atoms in total. The van der Waals surface area contributed by atoms with Gasteiger partial charge in [-0.1, -0.05) is 91.9 Å². The summed E-state index contributed by atoms with van der Waals surface area (Å²) < 4.78 is 11.3. The van der Waals surface area contributed by atoms with E-state index < -0.39 is 0 Å². The SMILES string of the molecule is CC1C=C(n2c3ccccc3c3cc(-c4ncnc5c4oc4ccc(-c6ccc7c(c6)c6ccccc6n7-c6ccccc6)cc45)ccc32)C=CC1. The number of rotatable bonds is 4. The fraction of sp³-hybridized carbons (Fsp3) is 0.0638. The number of furan rings is 1. The molecule has 52 heavy (non-hydrogen) atoms. The highest BCUT2D eigenvalue weighted by atomic mass is 16.3. The molecule has 246 valence electrons. The molecule has 4 aromatic heterocycles. The third-order valence-corrected chi connectivity index (χ3v) is 10.7. The highest BCUT2D eigenvalue weighted by Gasteiger charge is 2.20. The van der Waals surface area contributed by atoms with Crippen LogP contribution in [-0.2, 0) is 0 Å². The monoisotopic (exact) mass is 668 g/mol. The fourth-order valence-corrected chi connectivity index (χ4v) is 8.34. The Morgan fingerprint density at radius 2 is 1.19 bits per heavy atom. The van der Waals surface area contributed by atoms with Crippen LogP contribution in [0.5, 0.6) is 0 Å². The number of hydrogen-bond acceptors (Lipinski definition) is 3. The highest BCUT2D eigenvalue weighted by molar-refractivity contribution is 6.14. The van der Waals surface area contributed by atoms with E-state index in [1.807, 2.05) is 0 Å². The third kappa shape index (κ3) is 4.29. The summed E-state index contributed by atoms with van der Waals surface area (Å²) in [5.41, 5.74) is 13.5. The minimum absolute atomic E-state index is 0.503. The van der Waals surface area contributed by atoms with Gasteiger partial charge in [0.05, 0.1) is 22.1 Å². The maximum Gasteiger partial charge on any atom is 0.180 e. The number of fused-ring (bicyclic) bond motifs is 9. The number of aromatic nitrogens is 4. The lowest BCUT2D eigenvalue weighted by atomic mass is 10.0. The molecule has 4 heterocycles. The molecule has 5 heteroatoms. The van der Waals surface area contributed by atoms with E-state index in [1.165, 1.54) is 49.3 Å². The van der Waals surface area contributed by atoms with E-state index in [2.05, 4.69) is 168 Å². The molecule has 11 rings (SSSR count). The second kappa shape index (κ2) is 11.1. The Morgan fingerprint density at radius 3 is 1.96 bits per heavy atom. The molecule has 1 aliphatic carbocycles. The molecule has 0 amide bonds. The highest BCUT2D eigenvalue weighted by Crippen LogP contribution is 2.40. The second-order valence-corrected chi connectivity index (χ2v) is 13.9. The van der Waals surface area contributed by atoms with Gasteiger partial charge in [-0.15, -0.1) is 0 Å². The molecule has 1 unspecified atom stereocenters. The van der Waals surface area contributed by atoms with Gasteiger partial charge >= 0.3 is 0 Å². The molecule has 0 N–H and O–H groups in total. The summed E-state index contributed by atoms with van der Waals surface area (Å²) in [6, 6.07) is 47.7. The van der Waals surface area contributed by atoms with Crippen LogP contribution in [0.15, 0.2) is 162 Å². The zero-order valence-corrected chi connectivity index (χ0v) is 28.5. The quantitative estimate of drug-likeness (QED) is 0.187. The Morgan fingerprint density at radius 1 is 0.577 bits per heavy atom. The summed E-state index contributed by atoms with van der Waals surface area (Å²) in [4.78, 5) is 9.58. The average Bonchev–Trinajstić information content (AvgIpc) is 3.85. The number of para-hydroxylation sites is 3. The molecule has 0 aliphatic heterocycles. The molecule has 0 spiro atoms. The predicted octanol–water partition coefficient (Wildman–Crippen LogP) is 12.4. The molecule has 6 aromatic carbocycles. The second-order valence-electron chi connectivity index (χ2n) is 13.9. The Hall–Kier alpha value is -6.72. The van der Waals surface area contributed by atoms with E-state index in [9.17, 15) is 0 Å². The van der Waals surface area contributed by atoms with Crippen LogP contribution in [0, 0.1) is 5.92 Å². The lowest BCUT2D eigenvalue weighted by molar-refractivity contribution is 0.667. The molecule has 10 aromatic rings. The van der Waals surface area contributed by atoms with Crippen molar-refractivity contribution in [2.45, 2.75) is 13.3 Å². The fourth-order valence-electron chi connectivity index (χ4n) is 8.34. The summed E-state index contributed by atoms with van der Waals surface area (Å²) >= 11 is 0. The minimum Gasteiger partial charge on any atom is -0.452 e. The minimum atomic E-state index is 0.503. The molecule has 0 saturated heterocycles. The maximum atomic E-state index is 6.57. The zero-order valence-electron chi connectivity index (χ0n) is 28.5. The first-order valence-electron chi connectivity index (χ1n) is 17.9. The van der Waals surface area contributed by atoms with Crippen molar-refractivity contribution in [2.24, 2.45) is 5.92 Å². The largest absolute Gasteiger partial charge is 0.452 e. The van der Waals surface area contributed by atoms with Gasteiger partial charge in [0.1, 0.15) is 23.1 Å². The molecular formula is C47H32N4O. The molecular weight excluding hydrogens is 637 g/mol. The number of hydrogen-bond donors (Lipinski definition) is 0. The van der Waals surface area contributed by atoms with Crippen LogP contribution in [0.2, 0.25) is 0 Å². The van der Waals surface area contributed by atoms with E-state index in [-0.39, 0.29) is 0 Å². The van der Waals surface area contributed by atoms with E-state index >= 15 is 0 Å². The van der Waals surface area contributed by atoms with Crippen molar-refractivity contribution < 1.29 is 4.42 Å². The van der Waals surface area contributed by atoms with Gasteiger partial charge in [0.15, 0.2) is 5.58 Å². The number of benzene rings is 6. The van der Waals surface area contributed by atoms with Gasteiger partial charge in [0.2, 0.25) is 0 Å². The van der Waals surface area contributed by atoms with Gasteiger partial charge in [-0.05, 0) is 90.2 Å². The summed E-state index contributed by atoms with van der Waals surface area (Å²) in [6.07, 6.45) is 9.64. The van der Waals surface area contributed by atoms with Crippen LogP contribution in [0.1, 0.15) is 13.3 Å². The van der Waals surface area contributed by atoms with E-state index in [1.54, 1.807) is 6.33 Å². The van der Waals surface area contributed by atoms with Gasteiger partial charge in [-0.2, -0.15) is 0 Å². The Labute approximate surface area is 299 Å². The molecule has 1 atom stereocenters. The lowest BCUT2D eigenvalue weighted by Crippen LogP contribution is -2.01. The lowest BCUT2D eigenvalue weighted by Gasteiger charge is -2.15. The Bertz CT molecular complexity index is 3120. The van der Waals surface area contributed by atoms with Crippen molar-refractivity contribution >= 4 is 71.4 Å². The first-order valence-corrected chi connectivity index (χ1v) is 17.9. The van der Waals surface area contributed by atoms with Crippen molar-refractivity contribution in [3.8, 4) is 28.1 Å². The van der Waals surface area contributed by atoms with Crippen molar-refractivity contribution in [1.82, 2.24) is 19.1 Å². The number of allylic oxidation sites excluding steroid dienone is 4. The normalized spacial score (nSPS) is 14.8. The molecule has 1 aliphatic rings. The van der Waals surface area contributed by atoms with E-state index in [0.717, 1.165) is 51.0 Å². The Balaban J connectivity index is 1.05. The number of nitrogens with zero attached hydrogens (tertiary/aromatic N) is 4. The van der Waals surface area contributed by atoms with Crippen LogP contribution in [-0.4, -0.2) is 19.1 Å². The smallest absolute Gasteiger partial charge is 0.180 e. The predicted molar refractivity (Wildman–Crippen MR) is 215 cm³/mol.